The van der Waals surface area contributed by atoms with Crippen LogP contribution in [0.4, 0.5) is 0 Å². The van der Waals surface area contributed by atoms with E-state index in [1.165, 1.54) is 0 Å². The number of hydrogen-bond donors (Lipinski definition) is 0. The summed E-state index contributed by atoms with van der Waals surface area (Å²) in [6, 6.07) is 28.6. The zero-order valence-corrected chi connectivity index (χ0v) is 15.6. The van der Waals surface area contributed by atoms with Gasteiger partial charge in [0.15, 0.2) is 0 Å². The van der Waals surface area contributed by atoms with Crippen LogP contribution < -0.4 is 4.74 Å². The van der Waals surface area contributed by atoms with E-state index < -0.39 is 0 Å². The molecule has 0 saturated heterocycles. The Labute approximate surface area is 164 Å². The summed E-state index contributed by atoms with van der Waals surface area (Å²) >= 11 is 0. The predicted octanol–water partition coefficient (Wildman–Crippen LogP) is 7.22. The van der Waals surface area contributed by atoms with Gasteiger partial charge in [0.25, 0.3) is 0 Å². The normalized spacial score (nSPS) is 14.5. The molecule has 4 aromatic rings. The summed E-state index contributed by atoms with van der Waals surface area (Å²) in [7, 11) is 0. The largest absolute Gasteiger partial charge is 0.461 e. The zero-order chi connectivity index (χ0) is 18.9. The molecule has 0 aliphatic carbocycles. The minimum Gasteiger partial charge on any atom is -0.461 e. The van der Waals surface area contributed by atoms with Gasteiger partial charge >= 0.3 is 11.3 Å². The average molecular weight is 363 g/mol. The molecule has 0 saturated carbocycles. The second-order valence-corrected chi connectivity index (χ2v) is 6.88. The van der Waals surface area contributed by atoms with Gasteiger partial charge in [-0.05, 0) is 48.9 Å². The molecule has 0 atom stereocenters. The summed E-state index contributed by atoms with van der Waals surface area (Å²) in [6.45, 7) is 1.98. The number of para-hydroxylation sites is 2. The monoisotopic (exact) mass is 363 g/mol. The Bertz CT molecular complexity index is 1230. The maximum Gasteiger partial charge on any atom is 0.361 e. The quantitative estimate of drug-likeness (QED) is 0.351. The van der Waals surface area contributed by atoms with Crippen molar-refractivity contribution in [3.8, 4) is 17.1 Å². The molecule has 5 rings (SSSR count). The minimum absolute atomic E-state index is 0.854. The van der Waals surface area contributed by atoms with Gasteiger partial charge in [-0.25, -0.2) is 4.42 Å². The molecular weight excluding hydrogens is 344 g/mol. The lowest BCUT2D eigenvalue weighted by molar-refractivity contribution is 0.423. The van der Waals surface area contributed by atoms with Crippen LogP contribution in [-0.2, 0) is 0 Å². The number of ether oxygens (including phenoxy) is 1. The predicted molar refractivity (Wildman–Crippen MR) is 115 cm³/mol. The first-order valence-electron chi connectivity index (χ1n) is 9.36. The molecule has 2 nitrogen and oxygen atoms in total. The number of rotatable bonds is 2. The second kappa shape index (κ2) is 6.82. The molecule has 0 amide bonds. The molecule has 134 valence electrons. The summed E-state index contributed by atoms with van der Waals surface area (Å²) in [5, 5.41) is 1.09. The van der Waals surface area contributed by atoms with E-state index in [-0.39, 0.29) is 0 Å². The highest BCUT2D eigenvalue weighted by atomic mass is 16.5. The third-order valence-electron chi connectivity index (χ3n) is 4.90. The molecule has 0 radical (unpaired) electrons. The fraction of sp³-hybridized carbons (Fsp3) is 0.0385. The van der Waals surface area contributed by atoms with Crippen molar-refractivity contribution in [2.45, 2.75) is 6.92 Å². The van der Waals surface area contributed by atoms with Gasteiger partial charge in [-0.1, -0.05) is 48.5 Å². The fourth-order valence-corrected chi connectivity index (χ4v) is 3.61. The molecule has 3 aromatic carbocycles. The van der Waals surface area contributed by atoms with Crippen LogP contribution in [0.25, 0.3) is 33.9 Å². The van der Waals surface area contributed by atoms with E-state index in [1.807, 2.05) is 61.5 Å². The van der Waals surface area contributed by atoms with Crippen LogP contribution in [-0.4, -0.2) is 0 Å². The topological polar surface area (TPSA) is 20.5 Å². The smallest absolute Gasteiger partial charge is 0.361 e. The van der Waals surface area contributed by atoms with E-state index in [1.54, 1.807) is 0 Å². The number of allylic oxidation sites excluding steroid dienone is 3. The average Bonchev–Trinajstić information content (AvgIpc) is 2.74. The van der Waals surface area contributed by atoms with E-state index in [4.69, 9.17) is 9.15 Å². The van der Waals surface area contributed by atoms with Crippen molar-refractivity contribution < 1.29 is 9.15 Å². The second-order valence-electron chi connectivity index (χ2n) is 6.88. The number of benzene rings is 3. The molecule has 0 bridgehead atoms. The van der Waals surface area contributed by atoms with Crippen molar-refractivity contribution in [2.75, 3.05) is 0 Å². The molecule has 2 heterocycles. The molecule has 1 aromatic heterocycles. The van der Waals surface area contributed by atoms with E-state index in [0.29, 0.717) is 0 Å². The third-order valence-corrected chi connectivity index (χ3v) is 4.90. The van der Waals surface area contributed by atoms with E-state index >= 15 is 0 Å². The molecule has 0 unspecified atom stereocenters. The lowest BCUT2D eigenvalue weighted by atomic mass is 9.97. The van der Waals surface area contributed by atoms with Gasteiger partial charge in [-0.3, -0.25) is 0 Å². The lowest BCUT2D eigenvalue weighted by Gasteiger charge is -2.18. The van der Waals surface area contributed by atoms with Crippen LogP contribution in [0.5, 0.6) is 5.75 Å². The maximum absolute atomic E-state index is 6.20. The Morgan fingerprint density at radius 2 is 1.57 bits per heavy atom. The molecule has 28 heavy (non-hydrogen) atoms. The first-order valence-corrected chi connectivity index (χ1v) is 9.36. The zero-order valence-electron chi connectivity index (χ0n) is 15.6. The highest BCUT2D eigenvalue weighted by Crippen LogP contribution is 2.36. The summed E-state index contributed by atoms with van der Waals surface area (Å²) in [6.07, 6.45) is 4.30. The Kier molecular flexibility index (Phi) is 4.02. The molecule has 2 heteroatoms. The van der Waals surface area contributed by atoms with Crippen LogP contribution in [0.2, 0.25) is 0 Å². The standard InChI is InChI=1S/C26H19O2/c1-18-15-20(22-11-5-7-13-24(22)27-18)16-21-17-26(19-9-3-2-4-10-19)28-25-14-8-6-12-23(21)25/h2-17H,1H3/q+1. The van der Waals surface area contributed by atoms with Crippen molar-refractivity contribution in [1.29, 1.82) is 0 Å². The lowest BCUT2D eigenvalue weighted by Crippen LogP contribution is -2.01. The van der Waals surface area contributed by atoms with E-state index in [9.17, 15) is 0 Å². The van der Waals surface area contributed by atoms with Gasteiger partial charge in [-0.15, -0.1) is 0 Å². The molecular formula is C26H19O2+. The summed E-state index contributed by atoms with van der Waals surface area (Å²) in [5.41, 5.74) is 5.29. The maximum atomic E-state index is 6.20. The van der Waals surface area contributed by atoms with E-state index in [0.717, 1.165) is 50.5 Å². The van der Waals surface area contributed by atoms with Gasteiger partial charge in [0.05, 0.1) is 17.0 Å². The van der Waals surface area contributed by atoms with Crippen molar-refractivity contribution in [2.24, 2.45) is 0 Å². The van der Waals surface area contributed by atoms with Crippen LogP contribution in [0.15, 0.2) is 101 Å². The van der Waals surface area contributed by atoms with E-state index in [2.05, 4.69) is 42.5 Å². The Hall–Kier alpha value is -3.65. The molecule has 1 aliphatic rings. The summed E-state index contributed by atoms with van der Waals surface area (Å²) in [4.78, 5) is 0. The van der Waals surface area contributed by atoms with Gasteiger partial charge in [0.2, 0.25) is 0 Å². The Balaban J connectivity index is 1.75. The molecule has 0 fully saturated rings. The highest BCUT2D eigenvalue weighted by Gasteiger charge is 2.19. The minimum atomic E-state index is 0.854. The van der Waals surface area contributed by atoms with Crippen molar-refractivity contribution >= 4 is 22.6 Å². The van der Waals surface area contributed by atoms with Crippen molar-refractivity contribution in [3.05, 3.63) is 108 Å². The SMILES string of the molecule is CC1=C/C(=C\c2cc(-c3ccccc3)[o+]c3ccccc23)c2ccccc2O1. The fourth-order valence-electron chi connectivity index (χ4n) is 3.61. The van der Waals surface area contributed by atoms with Gasteiger partial charge < -0.3 is 4.74 Å². The third kappa shape index (κ3) is 2.99. The van der Waals surface area contributed by atoms with Gasteiger partial charge in [-0.2, -0.15) is 0 Å². The first-order chi connectivity index (χ1) is 13.8. The van der Waals surface area contributed by atoms with Gasteiger partial charge in [0.1, 0.15) is 11.5 Å². The molecule has 0 spiro atoms. The highest BCUT2D eigenvalue weighted by molar-refractivity contribution is 5.98. The summed E-state index contributed by atoms with van der Waals surface area (Å²) in [5.74, 6) is 2.63. The Morgan fingerprint density at radius 1 is 0.821 bits per heavy atom. The first kappa shape index (κ1) is 16.5. The number of fused-ring (bicyclic) bond motifs is 2. The Morgan fingerprint density at radius 3 is 2.46 bits per heavy atom. The number of hydrogen-bond acceptors (Lipinski definition) is 1. The van der Waals surface area contributed by atoms with Crippen LogP contribution in [0, 0.1) is 0 Å². The van der Waals surface area contributed by atoms with Crippen LogP contribution in [0.1, 0.15) is 18.1 Å². The van der Waals surface area contributed by atoms with Gasteiger partial charge in [0, 0.05) is 17.2 Å². The molecule has 1 aliphatic heterocycles. The van der Waals surface area contributed by atoms with Crippen LogP contribution in [0.3, 0.4) is 0 Å². The van der Waals surface area contributed by atoms with Crippen molar-refractivity contribution in [3.63, 3.8) is 0 Å². The van der Waals surface area contributed by atoms with Crippen LogP contribution >= 0.6 is 0 Å². The summed E-state index contributed by atoms with van der Waals surface area (Å²) < 4.78 is 12.1. The van der Waals surface area contributed by atoms with Crippen molar-refractivity contribution in [1.82, 2.24) is 0 Å². The molecule has 0 N–H and O–H groups in total.